The zero-order chi connectivity index (χ0) is 27.3. The first-order chi connectivity index (χ1) is 19.7. The third-order valence-electron chi connectivity index (χ3n) is 6.59. The van der Waals surface area contributed by atoms with E-state index in [9.17, 15) is 5.26 Å². The Morgan fingerprint density at radius 1 is 0.756 bits per heavy atom. The Kier molecular flexibility index (Phi) is 8.46. The number of aryl methyl sites for hydroxylation is 1. The minimum atomic E-state index is 0. The van der Waals surface area contributed by atoms with Crippen molar-refractivity contribution in [2.24, 2.45) is 0 Å². The SMILES string of the molecule is Cc1ccc(-c2[c-]cccc2)nc1.N#Cc1cc2c(cc1-c1ccccc1)oc1c(-c3ccccn3)[c-]ccc12.[Ir]. The number of furan rings is 1. The fraction of sp³-hybridized carbons (Fsp3) is 0.0278. The first kappa shape index (κ1) is 27.7. The zero-order valence-corrected chi connectivity index (χ0v) is 24.5. The Balaban J connectivity index is 0.000000204. The van der Waals surface area contributed by atoms with Gasteiger partial charge in [0.25, 0.3) is 0 Å². The second-order valence-corrected chi connectivity index (χ2v) is 9.28. The number of hydrogen-bond acceptors (Lipinski definition) is 4. The van der Waals surface area contributed by atoms with Crippen LogP contribution in [0.15, 0.2) is 126 Å². The molecule has 4 nitrogen and oxygen atoms in total. The Labute approximate surface area is 252 Å². The maximum Gasteiger partial charge on any atom is 0.121 e. The molecule has 1 radical (unpaired) electrons. The van der Waals surface area contributed by atoms with Gasteiger partial charge in [-0.3, -0.25) is 0 Å². The van der Waals surface area contributed by atoms with Crippen LogP contribution in [0.25, 0.3) is 55.6 Å². The van der Waals surface area contributed by atoms with Crippen molar-refractivity contribution in [1.29, 1.82) is 5.26 Å². The van der Waals surface area contributed by atoms with Crippen molar-refractivity contribution >= 4 is 21.9 Å². The molecule has 0 fully saturated rings. The molecule has 0 aliphatic heterocycles. The quantitative estimate of drug-likeness (QED) is 0.173. The normalized spacial score (nSPS) is 10.3. The van der Waals surface area contributed by atoms with E-state index in [1.54, 1.807) is 6.20 Å². The number of aromatic nitrogens is 2. The van der Waals surface area contributed by atoms with E-state index in [2.05, 4.69) is 34.2 Å². The van der Waals surface area contributed by atoms with E-state index in [4.69, 9.17) is 4.42 Å². The number of pyridine rings is 2. The molecule has 0 bridgehead atoms. The van der Waals surface area contributed by atoms with Crippen LogP contribution in [-0.4, -0.2) is 9.97 Å². The molecule has 199 valence electrons. The molecule has 0 aliphatic rings. The van der Waals surface area contributed by atoms with Crippen LogP contribution >= 0.6 is 0 Å². The minimum absolute atomic E-state index is 0. The number of nitrogens with zero attached hydrogens (tertiary/aromatic N) is 3. The third-order valence-corrected chi connectivity index (χ3v) is 6.59. The van der Waals surface area contributed by atoms with Crippen molar-refractivity contribution in [1.82, 2.24) is 9.97 Å². The topological polar surface area (TPSA) is 62.7 Å². The molecule has 7 rings (SSSR count). The van der Waals surface area contributed by atoms with Crippen LogP contribution in [0.2, 0.25) is 0 Å². The Morgan fingerprint density at radius 2 is 1.59 bits per heavy atom. The predicted octanol–water partition coefficient (Wildman–Crippen LogP) is 8.84. The standard InChI is InChI=1S/C24H13N2O.C12H10N.Ir/c25-15-17-13-21-18-9-6-10-19(22-11-4-5-12-26-22)24(18)27-23(21)14-20(17)16-7-2-1-3-8-16;1-10-7-8-12(13-9-10)11-5-3-2-4-6-11;/h1-9,11-14H;2-5,7-9H,1H3;/q2*-1;. The van der Waals surface area contributed by atoms with Gasteiger partial charge in [0.05, 0.1) is 17.2 Å². The van der Waals surface area contributed by atoms with Gasteiger partial charge in [0.2, 0.25) is 0 Å². The molecule has 3 heterocycles. The largest absolute Gasteiger partial charge is 0.501 e. The van der Waals surface area contributed by atoms with Gasteiger partial charge in [-0.15, -0.1) is 54.1 Å². The van der Waals surface area contributed by atoms with Crippen LogP contribution in [-0.2, 0) is 20.1 Å². The molecule has 0 saturated heterocycles. The number of fused-ring (bicyclic) bond motifs is 3. The van der Waals surface area contributed by atoms with Crippen LogP contribution < -0.4 is 0 Å². The summed E-state index contributed by atoms with van der Waals surface area (Å²) in [6.07, 6.45) is 3.63. The van der Waals surface area contributed by atoms with Gasteiger partial charge in [0, 0.05) is 43.4 Å². The van der Waals surface area contributed by atoms with Crippen molar-refractivity contribution in [2.75, 3.05) is 0 Å². The van der Waals surface area contributed by atoms with Gasteiger partial charge in [-0.1, -0.05) is 65.5 Å². The summed E-state index contributed by atoms with van der Waals surface area (Å²) in [5.41, 5.74) is 8.81. The van der Waals surface area contributed by atoms with Crippen molar-refractivity contribution in [2.45, 2.75) is 6.92 Å². The van der Waals surface area contributed by atoms with Crippen LogP contribution in [0.4, 0.5) is 0 Å². The molecule has 0 saturated carbocycles. The minimum Gasteiger partial charge on any atom is -0.501 e. The second kappa shape index (κ2) is 12.5. The van der Waals surface area contributed by atoms with Gasteiger partial charge in [-0.25, -0.2) is 0 Å². The molecule has 41 heavy (non-hydrogen) atoms. The molecule has 3 aromatic heterocycles. The summed E-state index contributed by atoms with van der Waals surface area (Å²) in [5.74, 6) is 0. The van der Waals surface area contributed by atoms with Crippen molar-refractivity contribution < 1.29 is 24.5 Å². The fourth-order valence-corrected chi connectivity index (χ4v) is 4.62. The third kappa shape index (κ3) is 5.85. The molecular formula is C36H23IrN3O-2. The van der Waals surface area contributed by atoms with Crippen LogP contribution in [0.3, 0.4) is 0 Å². The number of rotatable bonds is 3. The monoisotopic (exact) mass is 706 g/mol. The van der Waals surface area contributed by atoms with E-state index in [1.807, 2.05) is 116 Å². The van der Waals surface area contributed by atoms with Crippen LogP contribution in [0.1, 0.15) is 11.1 Å². The first-order valence-corrected chi connectivity index (χ1v) is 12.9. The first-order valence-electron chi connectivity index (χ1n) is 12.9. The molecule has 7 aromatic rings. The molecule has 4 aromatic carbocycles. The molecule has 0 amide bonds. The Morgan fingerprint density at radius 3 is 2.29 bits per heavy atom. The predicted molar refractivity (Wildman–Crippen MR) is 159 cm³/mol. The molecule has 0 unspecified atom stereocenters. The summed E-state index contributed by atoms with van der Waals surface area (Å²) in [7, 11) is 0. The van der Waals surface area contributed by atoms with Gasteiger partial charge in [0.1, 0.15) is 5.58 Å². The van der Waals surface area contributed by atoms with Crippen molar-refractivity contribution in [3.63, 3.8) is 0 Å². The van der Waals surface area contributed by atoms with Gasteiger partial charge >= 0.3 is 0 Å². The Hall–Kier alpha value is -4.88. The molecule has 0 aliphatic carbocycles. The average molecular weight is 706 g/mol. The van der Waals surface area contributed by atoms with Crippen molar-refractivity contribution in [3.05, 3.63) is 145 Å². The van der Waals surface area contributed by atoms with E-state index >= 15 is 0 Å². The smallest absolute Gasteiger partial charge is 0.121 e. The molecule has 0 N–H and O–H groups in total. The van der Waals surface area contributed by atoms with E-state index < -0.39 is 0 Å². The number of benzene rings is 4. The zero-order valence-electron chi connectivity index (χ0n) is 22.1. The van der Waals surface area contributed by atoms with Crippen LogP contribution in [0, 0.1) is 30.4 Å². The second-order valence-electron chi connectivity index (χ2n) is 9.28. The molecule has 5 heteroatoms. The number of hydrogen-bond donors (Lipinski definition) is 0. The maximum atomic E-state index is 9.68. The summed E-state index contributed by atoms with van der Waals surface area (Å²) in [6.45, 7) is 2.03. The molecule has 0 atom stereocenters. The van der Waals surface area contributed by atoms with Gasteiger partial charge in [-0.2, -0.15) is 5.26 Å². The number of nitriles is 1. The van der Waals surface area contributed by atoms with Gasteiger partial charge < -0.3 is 14.4 Å². The van der Waals surface area contributed by atoms with E-state index in [1.165, 1.54) is 5.56 Å². The van der Waals surface area contributed by atoms with E-state index in [-0.39, 0.29) is 20.1 Å². The summed E-state index contributed by atoms with van der Waals surface area (Å²) in [5, 5.41) is 11.6. The average Bonchev–Trinajstić information content (AvgIpc) is 3.40. The van der Waals surface area contributed by atoms with Gasteiger partial charge in [0.15, 0.2) is 0 Å². The summed E-state index contributed by atoms with van der Waals surface area (Å²) < 4.78 is 6.22. The Bertz CT molecular complexity index is 1940. The van der Waals surface area contributed by atoms with E-state index in [0.717, 1.165) is 55.6 Å². The molecule has 0 spiro atoms. The summed E-state index contributed by atoms with van der Waals surface area (Å²) in [6, 6.07) is 44.0. The fourth-order valence-electron chi connectivity index (χ4n) is 4.62. The molecular weight excluding hydrogens is 683 g/mol. The maximum absolute atomic E-state index is 9.68. The van der Waals surface area contributed by atoms with Crippen molar-refractivity contribution in [3.8, 4) is 39.7 Å². The summed E-state index contributed by atoms with van der Waals surface area (Å²) >= 11 is 0. The van der Waals surface area contributed by atoms with E-state index in [0.29, 0.717) is 5.56 Å². The summed E-state index contributed by atoms with van der Waals surface area (Å²) in [4.78, 5) is 8.74. The van der Waals surface area contributed by atoms with Gasteiger partial charge in [-0.05, 0) is 47.6 Å². The van der Waals surface area contributed by atoms with Crippen LogP contribution in [0.5, 0.6) is 0 Å².